The maximum absolute atomic E-state index is 13.2. The number of ether oxygens (including phenoxy) is 1. The van der Waals surface area contributed by atoms with Crippen LogP contribution in [0.2, 0.25) is 0 Å². The molecule has 164 valence electrons. The molecular formula is C11H9F15O. The predicted molar refractivity (Wildman–Crippen MR) is 56.6 cm³/mol. The Bertz CT molecular complexity index is 506. The van der Waals surface area contributed by atoms with Gasteiger partial charge in [-0.05, 0) is 6.42 Å². The highest BCUT2D eigenvalue weighted by atomic mass is 19.4. The molecule has 0 atom stereocenters. The van der Waals surface area contributed by atoms with Gasteiger partial charge in [0.1, 0.15) is 6.42 Å². The van der Waals surface area contributed by atoms with Gasteiger partial charge in [0.25, 0.3) is 0 Å². The van der Waals surface area contributed by atoms with Crippen molar-refractivity contribution < 1.29 is 70.6 Å². The average molecular weight is 442 g/mol. The summed E-state index contributed by atoms with van der Waals surface area (Å²) in [6, 6.07) is 0. The van der Waals surface area contributed by atoms with Crippen LogP contribution >= 0.6 is 0 Å². The summed E-state index contributed by atoms with van der Waals surface area (Å²) >= 11 is 0. The smallest absolute Gasteiger partial charge is 0.316 e. The Hall–Kier alpha value is -1.09. The lowest BCUT2D eigenvalue weighted by molar-refractivity contribution is -0.459. The summed E-state index contributed by atoms with van der Waals surface area (Å²) in [4.78, 5) is 0. The van der Waals surface area contributed by atoms with Gasteiger partial charge in [0, 0.05) is 0 Å². The maximum atomic E-state index is 13.2. The van der Waals surface area contributed by atoms with E-state index in [9.17, 15) is 65.9 Å². The Morgan fingerprint density at radius 3 is 1.26 bits per heavy atom. The van der Waals surface area contributed by atoms with Crippen LogP contribution in [0.5, 0.6) is 0 Å². The van der Waals surface area contributed by atoms with E-state index >= 15 is 0 Å². The zero-order chi connectivity index (χ0) is 22.3. The summed E-state index contributed by atoms with van der Waals surface area (Å²) in [6.45, 7) is -0.516. The second kappa shape index (κ2) is 7.06. The first-order valence-corrected chi connectivity index (χ1v) is 6.49. The Morgan fingerprint density at radius 2 is 0.926 bits per heavy atom. The Balaban J connectivity index is 6.22. The maximum Gasteiger partial charge on any atom is 0.426 e. The van der Waals surface area contributed by atoms with Crippen molar-refractivity contribution in [3.05, 3.63) is 0 Å². The van der Waals surface area contributed by atoms with Crippen molar-refractivity contribution in [2.24, 2.45) is 0 Å². The number of rotatable bonds is 9. The molecule has 0 saturated carbocycles. The second-order valence-corrected chi connectivity index (χ2v) is 5.16. The average Bonchev–Trinajstić information content (AvgIpc) is 2.41. The van der Waals surface area contributed by atoms with E-state index < -0.39 is 61.3 Å². The molecule has 0 amide bonds. The van der Waals surface area contributed by atoms with Crippen molar-refractivity contribution >= 4 is 0 Å². The molecule has 0 aliphatic carbocycles. The van der Waals surface area contributed by atoms with Crippen LogP contribution in [0.3, 0.4) is 0 Å². The molecule has 0 aromatic carbocycles. The first-order valence-electron chi connectivity index (χ1n) is 6.49. The molecule has 0 saturated heterocycles. The van der Waals surface area contributed by atoms with Gasteiger partial charge in [-0.1, -0.05) is 6.92 Å². The lowest BCUT2D eigenvalue weighted by Crippen LogP contribution is -2.71. The molecule has 0 spiro atoms. The number of halogens is 15. The van der Waals surface area contributed by atoms with Crippen LogP contribution in [0, 0.1) is 0 Å². The zero-order valence-electron chi connectivity index (χ0n) is 12.7. The van der Waals surface area contributed by atoms with Gasteiger partial charge < -0.3 is 4.74 Å². The molecule has 0 aliphatic heterocycles. The Morgan fingerprint density at radius 1 is 0.556 bits per heavy atom. The van der Waals surface area contributed by atoms with Gasteiger partial charge in [0.05, 0.1) is 6.61 Å². The highest BCUT2D eigenvalue weighted by molar-refractivity contribution is 5.10. The summed E-state index contributed by atoms with van der Waals surface area (Å²) in [5.74, 6) is -38.3. The van der Waals surface area contributed by atoms with Crippen molar-refractivity contribution in [3.63, 3.8) is 0 Å². The molecular weight excluding hydrogens is 433 g/mol. The third-order valence-electron chi connectivity index (χ3n) is 2.92. The van der Waals surface area contributed by atoms with Crippen LogP contribution in [-0.2, 0) is 4.74 Å². The monoisotopic (exact) mass is 442 g/mol. The molecule has 27 heavy (non-hydrogen) atoms. The fourth-order valence-corrected chi connectivity index (χ4v) is 1.49. The van der Waals surface area contributed by atoms with E-state index in [2.05, 4.69) is 4.74 Å². The molecule has 0 aromatic heterocycles. The quantitative estimate of drug-likeness (QED) is 0.390. The fraction of sp³-hybridized carbons (Fsp3) is 1.00. The number of hydrogen-bond donors (Lipinski definition) is 0. The van der Waals surface area contributed by atoms with Crippen LogP contribution in [-0.4, -0.2) is 48.5 Å². The third kappa shape index (κ3) is 4.34. The normalized spacial score (nSPS) is 16.0. The first kappa shape index (κ1) is 25.9. The van der Waals surface area contributed by atoms with Gasteiger partial charge in [-0.3, -0.25) is 0 Å². The Labute approximate surface area is 140 Å². The van der Waals surface area contributed by atoms with Crippen molar-refractivity contribution in [2.45, 2.75) is 61.7 Å². The molecule has 0 heterocycles. The van der Waals surface area contributed by atoms with E-state index in [0.29, 0.717) is 0 Å². The minimum atomic E-state index is -8.04. The van der Waals surface area contributed by atoms with Crippen molar-refractivity contribution in [3.8, 4) is 0 Å². The molecule has 16 heteroatoms. The third-order valence-corrected chi connectivity index (χ3v) is 2.92. The van der Waals surface area contributed by atoms with Gasteiger partial charge >= 0.3 is 41.9 Å². The molecule has 0 radical (unpaired) electrons. The highest BCUT2D eigenvalue weighted by Gasteiger charge is 2.91. The SMILES string of the molecule is CCCOC(F)(F)C(F)(F)C(F)(F)C(F)(F)C(F)(F)C(F)(F)CC(F)(F)F. The molecule has 0 rings (SSSR count). The van der Waals surface area contributed by atoms with Gasteiger partial charge in [-0.25, -0.2) is 0 Å². The van der Waals surface area contributed by atoms with Crippen LogP contribution in [0.1, 0.15) is 19.8 Å². The molecule has 0 aromatic rings. The van der Waals surface area contributed by atoms with Gasteiger partial charge in [-0.15, -0.1) is 0 Å². The highest BCUT2D eigenvalue weighted by Crippen LogP contribution is 2.61. The predicted octanol–water partition coefficient (Wildman–Crippen LogP) is 6.13. The molecule has 0 aliphatic rings. The van der Waals surface area contributed by atoms with E-state index in [-0.39, 0.29) is 0 Å². The molecule has 0 fully saturated rings. The van der Waals surface area contributed by atoms with Crippen LogP contribution < -0.4 is 0 Å². The van der Waals surface area contributed by atoms with Crippen molar-refractivity contribution in [1.82, 2.24) is 0 Å². The standard InChI is InChI=1S/C11H9F15O/c1-2-3-27-11(25,26)10(23,24)9(21,22)8(19,20)7(17,18)5(12,13)4-6(14,15)16/h2-4H2,1H3. The van der Waals surface area contributed by atoms with Crippen molar-refractivity contribution in [2.75, 3.05) is 6.61 Å². The first-order chi connectivity index (χ1) is 11.5. The van der Waals surface area contributed by atoms with Crippen LogP contribution in [0.15, 0.2) is 0 Å². The summed E-state index contributed by atoms with van der Waals surface area (Å²) in [5, 5.41) is 0. The van der Waals surface area contributed by atoms with Gasteiger partial charge in [0.2, 0.25) is 0 Å². The van der Waals surface area contributed by atoms with E-state index in [4.69, 9.17) is 0 Å². The summed E-state index contributed by atoms with van der Waals surface area (Å²) < 4.78 is 195. The number of hydrogen-bond acceptors (Lipinski definition) is 1. The minimum Gasteiger partial charge on any atom is -0.316 e. The second-order valence-electron chi connectivity index (χ2n) is 5.16. The summed E-state index contributed by atoms with van der Waals surface area (Å²) in [5.41, 5.74) is 0. The summed E-state index contributed by atoms with van der Waals surface area (Å²) in [6.07, 6.45) is -17.6. The molecule has 0 bridgehead atoms. The summed E-state index contributed by atoms with van der Waals surface area (Å²) in [7, 11) is 0. The van der Waals surface area contributed by atoms with E-state index in [1.807, 2.05) is 0 Å². The van der Waals surface area contributed by atoms with E-state index in [0.717, 1.165) is 6.92 Å². The van der Waals surface area contributed by atoms with Crippen LogP contribution in [0.25, 0.3) is 0 Å². The lowest BCUT2D eigenvalue weighted by atomic mass is 9.92. The van der Waals surface area contributed by atoms with E-state index in [1.54, 1.807) is 0 Å². The minimum absolute atomic E-state index is 0.576. The molecule has 0 N–H and O–H groups in total. The molecule has 0 unspecified atom stereocenters. The van der Waals surface area contributed by atoms with Crippen LogP contribution in [0.4, 0.5) is 65.9 Å². The molecule has 1 nitrogen and oxygen atoms in total. The Kier molecular flexibility index (Phi) is 6.78. The van der Waals surface area contributed by atoms with E-state index in [1.165, 1.54) is 0 Å². The van der Waals surface area contributed by atoms with Crippen molar-refractivity contribution in [1.29, 1.82) is 0 Å². The fourth-order valence-electron chi connectivity index (χ4n) is 1.49. The largest absolute Gasteiger partial charge is 0.426 e. The van der Waals surface area contributed by atoms with Gasteiger partial charge in [0.15, 0.2) is 0 Å². The van der Waals surface area contributed by atoms with Gasteiger partial charge in [-0.2, -0.15) is 65.9 Å². The topological polar surface area (TPSA) is 9.23 Å². The zero-order valence-corrected chi connectivity index (χ0v) is 12.7. The number of alkyl halides is 15. The lowest BCUT2D eigenvalue weighted by Gasteiger charge is -2.41.